The molecule has 0 bridgehead atoms. The summed E-state index contributed by atoms with van der Waals surface area (Å²) in [5.74, 6) is 0.579. The number of ketones is 1. The summed E-state index contributed by atoms with van der Waals surface area (Å²) in [4.78, 5) is 29.0. The Kier molecular flexibility index (Phi) is 12.4. The number of hydrogen-bond donors (Lipinski definition) is 1. The number of Topliss-reactive ketones (excluding diaryl/α,β-unsaturated/α-hetero) is 1. The summed E-state index contributed by atoms with van der Waals surface area (Å²) in [6.07, 6.45) is 3.01. The van der Waals surface area contributed by atoms with Gasteiger partial charge >= 0.3 is 0 Å². The van der Waals surface area contributed by atoms with Crippen LogP contribution in [-0.4, -0.2) is 48.0 Å². The largest absolute Gasteiger partial charge is 0.508 e. The van der Waals surface area contributed by atoms with Crippen molar-refractivity contribution in [3.63, 3.8) is 0 Å². The Balaban J connectivity index is 0.000000471. The topological polar surface area (TPSA) is 70.0 Å². The van der Waals surface area contributed by atoms with E-state index in [1.165, 1.54) is 6.92 Å². The molecule has 0 aliphatic rings. The van der Waals surface area contributed by atoms with Gasteiger partial charge in [0.1, 0.15) is 11.5 Å². The fraction of sp³-hybridized carbons (Fsp3) is 0.370. The number of hydrogen-bond acceptors (Lipinski definition) is 4. The first-order chi connectivity index (χ1) is 15.3. The maximum atomic E-state index is 12.1. The lowest BCUT2D eigenvalue weighted by molar-refractivity contribution is -0.128. The predicted octanol–water partition coefficient (Wildman–Crippen LogP) is 5.33. The fourth-order valence-corrected chi connectivity index (χ4v) is 3.04. The van der Waals surface area contributed by atoms with Gasteiger partial charge in [0, 0.05) is 52.5 Å². The fourth-order valence-electron chi connectivity index (χ4n) is 3.04. The van der Waals surface area contributed by atoms with E-state index in [0.29, 0.717) is 38.0 Å². The van der Waals surface area contributed by atoms with Gasteiger partial charge in [0.15, 0.2) is 0 Å². The molecule has 5 nitrogen and oxygen atoms in total. The number of amides is 1. The quantitative estimate of drug-likeness (QED) is 0.512. The molecule has 0 unspecified atom stereocenters. The third-order valence-corrected chi connectivity index (χ3v) is 5.18. The Morgan fingerprint density at radius 3 is 2.19 bits per heavy atom. The first-order valence-electron chi connectivity index (χ1n) is 11.0. The van der Waals surface area contributed by atoms with Crippen molar-refractivity contribution in [2.24, 2.45) is 4.99 Å². The number of rotatable bonds is 10. The molecule has 1 amide bonds. The lowest BCUT2D eigenvalue weighted by Gasteiger charge is -2.14. The molecule has 0 aliphatic heterocycles. The van der Waals surface area contributed by atoms with Gasteiger partial charge in [-0.3, -0.25) is 14.6 Å². The SMILES string of the molecule is C=C(CC(CC(=O)CCCN(C)C(C)=O)=NC)c1ccccc1.CCc1ccccc1O. The van der Waals surface area contributed by atoms with Crippen LogP contribution in [0.25, 0.3) is 5.57 Å². The van der Waals surface area contributed by atoms with Crippen LogP contribution in [0.1, 0.15) is 50.7 Å². The van der Waals surface area contributed by atoms with E-state index in [4.69, 9.17) is 5.11 Å². The Bertz CT molecular complexity index is 904. The third-order valence-electron chi connectivity index (χ3n) is 5.18. The van der Waals surface area contributed by atoms with E-state index in [9.17, 15) is 9.59 Å². The van der Waals surface area contributed by atoms with Crippen molar-refractivity contribution in [1.82, 2.24) is 4.90 Å². The molecule has 0 heterocycles. The standard InChI is InChI=1S/C19H26N2O2.C8H10O/c1-15(17-9-6-5-7-10-17)13-18(20-3)14-19(23)11-8-12-21(4)16(2)22;1-2-7-5-3-4-6-8(7)9/h5-7,9-10H,1,8,11-14H2,2-4H3;3-6,9H,2H2,1H3. The molecule has 0 fully saturated rings. The highest BCUT2D eigenvalue weighted by atomic mass is 16.3. The molecule has 0 saturated heterocycles. The summed E-state index contributed by atoms with van der Waals surface area (Å²) in [6.45, 7) is 8.25. The average Bonchev–Trinajstić information content (AvgIpc) is 2.79. The number of nitrogens with zero attached hydrogens (tertiary/aromatic N) is 2. The molecule has 5 heteroatoms. The van der Waals surface area contributed by atoms with E-state index >= 15 is 0 Å². The first kappa shape index (κ1) is 26.8. The maximum absolute atomic E-state index is 12.1. The van der Waals surface area contributed by atoms with Gasteiger partial charge in [-0.15, -0.1) is 0 Å². The van der Waals surface area contributed by atoms with Gasteiger partial charge in [-0.05, 0) is 35.6 Å². The zero-order valence-electron chi connectivity index (χ0n) is 19.8. The van der Waals surface area contributed by atoms with Crippen molar-refractivity contribution >= 4 is 23.0 Å². The minimum atomic E-state index is 0.0208. The molecular formula is C27H36N2O3. The van der Waals surface area contributed by atoms with E-state index in [1.807, 2.05) is 55.5 Å². The van der Waals surface area contributed by atoms with Crippen molar-refractivity contribution in [3.8, 4) is 5.75 Å². The Morgan fingerprint density at radius 1 is 1.03 bits per heavy atom. The lowest BCUT2D eigenvalue weighted by Crippen LogP contribution is -2.25. The molecule has 0 atom stereocenters. The molecule has 2 aromatic rings. The molecule has 32 heavy (non-hydrogen) atoms. The van der Waals surface area contributed by atoms with Gasteiger partial charge in [0.05, 0.1) is 0 Å². The molecule has 0 saturated carbocycles. The lowest BCUT2D eigenvalue weighted by atomic mass is 9.98. The molecule has 172 valence electrons. The number of carbonyl (C=O) groups excluding carboxylic acids is 2. The minimum Gasteiger partial charge on any atom is -0.508 e. The smallest absolute Gasteiger partial charge is 0.219 e. The zero-order valence-corrected chi connectivity index (χ0v) is 19.8. The second-order valence-corrected chi connectivity index (χ2v) is 7.68. The van der Waals surface area contributed by atoms with Gasteiger partial charge in [-0.25, -0.2) is 0 Å². The molecule has 1 N–H and O–H groups in total. The zero-order chi connectivity index (χ0) is 23.9. The van der Waals surface area contributed by atoms with Crippen LogP contribution in [0.4, 0.5) is 0 Å². The highest BCUT2D eigenvalue weighted by molar-refractivity contribution is 6.05. The van der Waals surface area contributed by atoms with Crippen LogP contribution in [0.2, 0.25) is 0 Å². The molecule has 0 aliphatic carbocycles. The number of aromatic hydroxyl groups is 1. The van der Waals surface area contributed by atoms with Crippen LogP contribution in [0.3, 0.4) is 0 Å². The number of aliphatic imine (C=N–C) groups is 1. The van der Waals surface area contributed by atoms with Crippen LogP contribution in [0.15, 0.2) is 66.2 Å². The van der Waals surface area contributed by atoms with Gasteiger partial charge in [0.25, 0.3) is 0 Å². The van der Waals surface area contributed by atoms with Crippen LogP contribution >= 0.6 is 0 Å². The predicted molar refractivity (Wildman–Crippen MR) is 133 cm³/mol. The number of para-hydroxylation sites is 1. The summed E-state index contributed by atoms with van der Waals surface area (Å²) in [6, 6.07) is 17.3. The number of phenolic OH excluding ortho intramolecular Hbond substituents is 1. The monoisotopic (exact) mass is 436 g/mol. The van der Waals surface area contributed by atoms with E-state index in [2.05, 4.69) is 11.6 Å². The summed E-state index contributed by atoms with van der Waals surface area (Å²) in [5.41, 5.74) is 3.90. The van der Waals surface area contributed by atoms with Crippen LogP contribution in [0.5, 0.6) is 5.75 Å². The highest BCUT2D eigenvalue weighted by Crippen LogP contribution is 2.18. The number of benzene rings is 2. The van der Waals surface area contributed by atoms with E-state index < -0.39 is 0 Å². The Hall–Kier alpha value is -3.21. The number of phenols is 1. The first-order valence-corrected chi connectivity index (χ1v) is 11.0. The van der Waals surface area contributed by atoms with E-state index in [0.717, 1.165) is 28.8 Å². The number of allylic oxidation sites excluding steroid dienone is 1. The van der Waals surface area contributed by atoms with Crippen molar-refractivity contribution in [2.75, 3.05) is 20.6 Å². The summed E-state index contributed by atoms with van der Waals surface area (Å²) < 4.78 is 0. The van der Waals surface area contributed by atoms with Crippen molar-refractivity contribution in [2.45, 2.75) is 46.0 Å². The maximum Gasteiger partial charge on any atom is 0.219 e. The Labute approximate surface area is 192 Å². The van der Waals surface area contributed by atoms with Gasteiger partial charge in [0.2, 0.25) is 5.91 Å². The number of carbonyl (C=O) groups is 2. The Morgan fingerprint density at radius 2 is 1.66 bits per heavy atom. The van der Waals surface area contributed by atoms with E-state index in [-0.39, 0.29) is 11.7 Å². The van der Waals surface area contributed by atoms with Crippen molar-refractivity contribution in [1.29, 1.82) is 0 Å². The van der Waals surface area contributed by atoms with Crippen LogP contribution in [-0.2, 0) is 16.0 Å². The molecule has 2 rings (SSSR count). The average molecular weight is 437 g/mol. The second-order valence-electron chi connectivity index (χ2n) is 7.68. The molecular weight excluding hydrogens is 400 g/mol. The van der Waals surface area contributed by atoms with Gasteiger partial charge in [-0.2, -0.15) is 0 Å². The molecule has 2 aromatic carbocycles. The van der Waals surface area contributed by atoms with Crippen molar-refractivity contribution < 1.29 is 14.7 Å². The molecule has 0 aromatic heterocycles. The molecule has 0 radical (unpaired) electrons. The number of aryl methyl sites for hydroxylation is 1. The van der Waals surface area contributed by atoms with Crippen LogP contribution in [0, 0.1) is 0 Å². The second kappa shape index (κ2) is 14.7. The normalized spacial score (nSPS) is 10.7. The third kappa shape index (κ3) is 10.2. The van der Waals surface area contributed by atoms with Gasteiger partial charge in [-0.1, -0.05) is 62.0 Å². The minimum absolute atomic E-state index is 0.0208. The summed E-state index contributed by atoms with van der Waals surface area (Å²) in [5, 5.41) is 9.11. The van der Waals surface area contributed by atoms with Crippen LogP contribution < -0.4 is 0 Å². The van der Waals surface area contributed by atoms with Crippen molar-refractivity contribution in [3.05, 3.63) is 72.3 Å². The summed E-state index contributed by atoms with van der Waals surface area (Å²) >= 11 is 0. The van der Waals surface area contributed by atoms with Gasteiger partial charge < -0.3 is 10.0 Å². The highest BCUT2D eigenvalue weighted by Gasteiger charge is 2.11. The van der Waals surface area contributed by atoms with E-state index in [1.54, 1.807) is 25.1 Å². The summed E-state index contributed by atoms with van der Waals surface area (Å²) in [7, 11) is 3.46. The molecule has 0 spiro atoms.